The van der Waals surface area contributed by atoms with Crippen LogP contribution in [0.3, 0.4) is 0 Å². The van der Waals surface area contributed by atoms with Crippen LogP contribution in [0.2, 0.25) is 0 Å². The number of hydrogen-bond donors (Lipinski definition) is 1. The van der Waals surface area contributed by atoms with Gasteiger partial charge in [-0.15, -0.1) is 0 Å². The molecule has 1 fully saturated rings. The highest BCUT2D eigenvalue weighted by Crippen LogP contribution is 2.52. The molecule has 1 N–H and O–H groups in total. The molecule has 1 amide bonds. The Balaban J connectivity index is 1.89. The van der Waals surface area contributed by atoms with E-state index in [4.69, 9.17) is 9.84 Å². The second-order valence-corrected chi connectivity index (χ2v) is 6.61. The average molecular weight is 353 g/mol. The van der Waals surface area contributed by atoms with Crippen molar-refractivity contribution in [3.8, 4) is 0 Å². The average Bonchev–Trinajstić information content (AvgIpc) is 3.08. The van der Waals surface area contributed by atoms with Crippen LogP contribution in [0.25, 0.3) is 5.57 Å². The Morgan fingerprint density at radius 1 is 1.19 bits per heavy atom. The van der Waals surface area contributed by atoms with Crippen LogP contribution in [-0.4, -0.2) is 35.0 Å². The highest BCUT2D eigenvalue weighted by atomic mass is 16.6. The topological polar surface area (TPSA) is 101 Å². The molecule has 1 saturated heterocycles. The molecule has 3 atom stereocenters. The number of ether oxygens (including phenoxy) is 1. The van der Waals surface area contributed by atoms with Crippen LogP contribution in [-0.2, 0) is 23.9 Å². The predicted molar refractivity (Wildman–Crippen MR) is 89.8 cm³/mol. The molecule has 1 aromatic rings. The molecule has 0 saturated carbocycles. The van der Waals surface area contributed by atoms with E-state index >= 15 is 0 Å². The Kier molecular flexibility index (Phi) is 3.54. The lowest BCUT2D eigenvalue weighted by Gasteiger charge is -2.34. The van der Waals surface area contributed by atoms with E-state index in [1.807, 2.05) is 19.1 Å². The van der Waals surface area contributed by atoms with Gasteiger partial charge in [-0.2, -0.15) is 0 Å². The van der Waals surface area contributed by atoms with Crippen molar-refractivity contribution in [2.45, 2.75) is 19.4 Å². The summed E-state index contributed by atoms with van der Waals surface area (Å²) in [6, 6.07) is 6.54. The normalized spacial score (nSPS) is 26.7. The summed E-state index contributed by atoms with van der Waals surface area (Å²) in [5.41, 5.74) is 3.18. The van der Waals surface area contributed by atoms with Crippen molar-refractivity contribution >= 4 is 35.1 Å². The highest BCUT2D eigenvalue weighted by Gasteiger charge is 2.57. The molecule has 2 aliphatic heterocycles. The summed E-state index contributed by atoms with van der Waals surface area (Å²) in [6.07, 6.45) is 2.13. The lowest BCUT2D eigenvalue weighted by Crippen LogP contribution is -2.47. The molecule has 7 nitrogen and oxygen atoms in total. The number of carbonyl (C=O) groups is 4. The molecule has 7 heteroatoms. The van der Waals surface area contributed by atoms with Crippen LogP contribution >= 0.6 is 0 Å². The molecule has 4 rings (SSSR count). The fourth-order valence-corrected chi connectivity index (χ4v) is 4.20. The number of hydrogen-bond acceptors (Lipinski definition) is 5. The zero-order chi connectivity index (χ0) is 18.6. The molecule has 26 heavy (non-hydrogen) atoms. The number of benzene rings is 1. The first-order valence-electron chi connectivity index (χ1n) is 8.19. The van der Waals surface area contributed by atoms with E-state index in [0.29, 0.717) is 12.1 Å². The van der Waals surface area contributed by atoms with Gasteiger partial charge in [-0.1, -0.05) is 23.8 Å². The SMILES string of the molecule is CC1=C2c3ccccc3N(C(=O)/C=C/C(=O)O)[C@H]2[C@H]2C(=O)OC(=O)[C@@H]2C1. The Labute approximate surface area is 148 Å². The van der Waals surface area contributed by atoms with E-state index in [1.165, 1.54) is 4.90 Å². The molecule has 3 aliphatic rings. The number of cyclic esters (lactones) is 2. The minimum atomic E-state index is -1.24. The van der Waals surface area contributed by atoms with E-state index in [-0.39, 0.29) is 0 Å². The van der Waals surface area contributed by atoms with Gasteiger partial charge in [0.05, 0.1) is 23.6 Å². The Hall–Kier alpha value is -3.22. The van der Waals surface area contributed by atoms with E-state index in [1.54, 1.807) is 12.1 Å². The Bertz CT molecular complexity index is 928. The largest absolute Gasteiger partial charge is 0.478 e. The molecular weight excluding hydrogens is 338 g/mol. The van der Waals surface area contributed by atoms with Gasteiger partial charge in [-0.25, -0.2) is 4.79 Å². The molecule has 0 unspecified atom stereocenters. The van der Waals surface area contributed by atoms with Gasteiger partial charge in [0.1, 0.15) is 0 Å². The lowest BCUT2D eigenvalue weighted by molar-refractivity contribution is -0.153. The molecular formula is C19H15NO6. The van der Waals surface area contributed by atoms with Gasteiger partial charge in [0, 0.05) is 17.7 Å². The maximum Gasteiger partial charge on any atom is 0.328 e. The number of allylic oxidation sites excluding steroid dienone is 1. The first-order chi connectivity index (χ1) is 12.4. The monoisotopic (exact) mass is 353 g/mol. The number of amides is 1. The van der Waals surface area contributed by atoms with E-state index in [2.05, 4.69) is 0 Å². The number of anilines is 1. The first kappa shape index (κ1) is 16.3. The van der Waals surface area contributed by atoms with Gasteiger partial charge in [0.2, 0.25) is 0 Å². The second-order valence-electron chi connectivity index (χ2n) is 6.61. The first-order valence-corrected chi connectivity index (χ1v) is 8.19. The van der Waals surface area contributed by atoms with Crippen LogP contribution in [0.4, 0.5) is 5.69 Å². The van der Waals surface area contributed by atoms with E-state index in [9.17, 15) is 19.2 Å². The minimum Gasteiger partial charge on any atom is -0.478 e. The smallest absolute Gasteiger partial charge is 0.328 e. The number of aliphatic carboxylic acids is 1. The quantitative estimate of drug-likeness (QED) is 0.492. The predicted octanol–water partition coefficient (Wildman–Crippen LogP) is 1.54. The number of carboxylic acid groups (broad SMARTS) is 1. The van der Waals surface area contributed by atoms with Crippen molar-refractivity contribution in [1.29, 1.82) is 0 Å². The fraction of sp³-hybridized carbons (Fsp3) is 0.263. The number of rotatable bonds is 2. The van der Waals surface area contributed by atoms with E-state index in [0.717, 1.165) is 28.9 Å². The molecule has 1 aromatic carbocycles. The lowest BCUT2D eigenvalue weighted by atomic mass is 9.73. The summed E-state index contributed by atoms with van der Waals surface area (Å²) in [5.74, 6) is -4.40. The number of fused-ring (bicyclic) bond motifs is 5. The maximum atomic E-state index is 12.8. The third-order valence-electron chi connectivity index (χ3n) is 5.17. The number of esters is 2. The zero-order valence-corrected chi connectivity index (χ0v) is 13.8. The molecule has 2 heterocycles. The molecule has 132 valence electrons. The molecule has 1 aliphatic carbocycles. The standard InChI is InChI=1S/C19H15NO6/c1-9-8-11-16(19(25)26-18(11)24)17-15(9)10-4-2-3-5-12(10)20(17)13(21)6-7-14(22)23/h2-7,11,16-17H,8H2,1H3,(H,22,23)/b7-6+/t11-,16+,17-/m1/s1. The summed E-state index contributed by atoms with van der Waals surface area (Å²) in [4.78, 5) is 49.4. The van der Waals surface area contributed by atoms with Gasteiger partial charge in [-0.05, 0) is 25.0 Å². The number of carbonyl (C=O) groups excluding carboxylic acids is 3. The van der Waals surface area contributed by atoms with Gasteiger partial charge < -0.3 is 9.84 Å². The van der Waals surface area contributed by atoms with Gasteiger partial charge in [-0.3, -0.25) is 19.3 Å². The maximum absolute atomic E-state index is 12.8. The van der Waals surface area contributed by atoms with Crippen molar-refractivity contribution < 1.29 is 29.0 Å². The highest BCUT2D eigenvalue weighted by molar-refractivity contribution is 6.13. The van der Waals surface area contributed by atoms with Crippen molar-refractivity contribution in [2.24, 2.45) is 11.8 Å². The number of nitrogens with zero attached hydrogens (tertiary/aromatic N) is 1. The Morgan fingerprint density at radius 2 is 1.92 bits per heavy atom. The summed E-state index contributed by atoms with van der Waals surface area (Å²) >= 11 is 0. The Morgan fingerprint density at radius 3 is 2.65 bits per heavy atom. The fourth-order valence-electron chi connectivity index (χ4n) is 4.20. The third-order valence-corrected chi connectivity index (χ3v) is 5.17. The zero-order valence-electron chi connectivity index (χ0n) is 13.8. The molecule has 0 aromatic heterocycles. The van der Waals surface area contributed by atoms with Crippen LogP contribution < -0.4 is 4.90 Å². The summed E-state index contributed by atoms with van der Waals surface area (Å²) in [6.45, 7) is 1.88. The second kappa shape index (κ2) is 5.66. The van der Waals surface area contributed by atoms with E-state index < -0.39 is 41.7 Å². The third kappa shape index (κ3) is 2.20. The van der Waals surface area contributed by atoms with Crippen LogP contribution in [0.5, 0.6) is 0 Å². The molecule has 0 radical (unpaired) electrons. The number of carboxylic acids is 1. The van der Waals surface area contributed by atoms with Crippen LogP contribution in [0.15, 0.2) is 42.0 Å². The van der Waals surface area contributed by atoms with Crippen molar-refractivity contribution in [3.63, 3.8) is 0 Å². The summed E-state index contributed by atoms with van der Waals surface area (Å²) < 4.78 is 4.84. The van der Waals surface area contributed by atoms with Crippen molar-refractivity contribution in [3.05, 3.63) is 47.6 Å². The van der Waals surface area contributed by atoms with Gasteiger partial charge in [0.25, 0.3) is 5.91 Å². The van der Waals surface area contributed by atoms with Gasteiger partial charge in [0.15, 0.2) is 0 Å². The molecule has 0 bridgehead atoms. The van der Waals surface area contributed by atoms with Crippen molar-refractivity contribution in [1.82, 2.24) is 0 Å². The minimum absolute atomic E-state index is 0.405. The summed E-state index contributed by atoms with van der Waals surface area (Å²) in [5, 5.41) is 8.82. The number of para-hydroxylation sites is 1. The van der Waals surface area contributed by atoms with Crippen molar-refractivity contribution in [2.75, 3.05) is 4.90 Å². The molecule has 0 spiro atoms. The summed E-state index contributed by atoms with van der Waals surface area (Å²) in [7, 11) is 0. The van der Waals surface area contributed by atoms with Gasteiger partial charge >= 0.3 is 17.9 Å². The van der Waals surface area contributed by atoms with Crippen LogP contribution in [0, 0.1) is 11.8 Å². The van der Waals surface area contributed by atoms with Crippen LogP contribution in [0.1, 0.15) is 18.9 Å².